The number of imidazole rings is 1. The Bertz CT molecular complexity index is 1360. The van der Waals surface area contributed by atoms with E-state index >= 15 is 0 Å². The second kappa shape index (κ2) is 11.1. The predicted molar refractivity (Wildman–Crippen MR) is 145 cm³/mol. The first kappa shape index (κ1) is 26.2. The fraction of sp³-hybridized carbons (Fsp3) is 0.520. The number of sulfonamides is 1. The molecule has 0 spiro atoms. The average molecular weight is 549 g/mol. The van der Waals surface area contributed by atoms with Crippen LogP contribution >= 0.6 is 11.6 Å². The van der Waals surface area contributed by atoms with Crippen LogP contribution in [0.3, 0.4) is 0 Å². The molecule has 12 heteroatoms. The summed E-state index contributed by atoms with van der Waals surface area (Å²) in [6.07, 6.45) is 6.33. The highest BCUT2D eigenvalue weighted by atomic mass is 35.5. The van der Waals surface area contributed by atoms with Crippen LogP contribution in [0, 0.1) is 0 Å². The summed E-state index contributed by atoms with van der Waals surface area (Å²) in [7, 11) is -1.68. The Balaban J connectivity index is 1.43. The number of nitrogens with zero attached hydrogens (tertiary/aromatic N) is 3. The summed E-state index contributed by atoms with van der Waals surface area (Å²) in [4.78, 5) is 14.9. The van der Waals surface area contributed by atoms with E-state index in [9.17, 15) is 8.42 Å². The molecule has 1 aromatic carbocycles. The molecule has 37 heavy (non-hydrogen) atoms. The third-order valence-electron chi connectivity index (χ3n) is 6.97. The molecule has 2 fully saturated rings. The highest BCUT2D eigenvalue weighted by molar-refractivity contribution is 7.88. The first-order valence-corrected chi connectivity index (χ1v) is 14.8. The molecule has 5 rings (SSSR count). The van der Waals surface area contributed by atoms with E-state index in [2.05, 4.69) is 31.0 Å². The lowest BCUT2D eigenvalue weighted by molar-refractivity contribution is 0.0342. The van der Waals surface area contributed by atoms with E-state index in [0.717, 1.165) is 75.4 Å². The molecule has 1 saturated carbocycles. The second-order valence-electron chi connectivity index (χ2n) is 9.72. The van der Waals surface area contributed by atoms with E-state index in [0.29, 0.717) is 27.7 Å². The first-order valence-electron chi connectivity index (χ1n) is 12.6. The lowest BCUT2D eigenvalue weighted by atomic mass is 9.91. The second-order valence-corrected chi connectivity index (χ2v) is 11.9. The lowest BCUT2D eigenvalue weighted by Crippen LogP contribution is -2.48. The molecule has 2 atom stereocenters. The third-order valence-corrected chi connectivity index (χ3v) is 7.98. The van der Waals surface area contributed by atoms with Gasteiger partial charge < -0.3 is 19.8 Å². The lowest BCUT2D eigenvalue weighted by Gasteiger charge is -2.33. The molecule has 1 aliphatic heterocycles. The van der Waals surface area contributed by atoms with Crippen LogP contribution in [0.4, 0.5) is 5.69 Å². The number of aromatic amines is 1. The van der Waals surface area contributed by atoms with E-state index in [1.165, 1.54) is 6.26 Å². The number of hydrogen-bond acceptors (Lipinski definition) is 8. The number of fused-ring (bicyclic) bond motifs is 1. The molecule has 3 N–H and O–H groups in total. The number of benzene rings is 1. The van der Waals surface area contributed by atoms with Crippen LogP contribution < -0.4 is 14.8 Å². The molecule has 3 heterocycles. The molecule has 0 bridgehead atoms. The number of morpholine rings is 1. The number of hydrogen-bond donors (Lipinski definition) is 3. The standard InChI is InChI=1S/C25H33ClN6O4S/c1-35-21-13-16(15-32-9-11-36-12-10-32)7-8-17(21)24-29-23-22(18(26)14-27-25(23)30-24)28-19-5-3-4-6-20(19)31-37(2,33)34/h7-8,13-14,19-20,31H,3-6,9-12,15H2,1-2H3,(H2,27,28,29,30). The minimum Gasteiger partial charge on any atom is -0.496 e. The summed E-state index contributed by atoms with van der Waals surface area (Å²) in [5.41, 5.74) is 3.84. The van der Waals surface area contributed by atoms with Gasteiger partial charge in [-0.3, -0.25) is 4.90 Å². The SMILES string of the molecule is COc1cc(CN2CCOCC2)ccc1-c1nc2ncc(Cl)c(NC3CCCCC3NS(C)(=O)=O)c2[nH]1. The van der Waals surface area contributed by atoms with Gasteiger partial charge in [0.15, 0.2) is 5.65 Å². The van der Waals surface area contributed by atoms with Crippen LogP contribution in [0.15, 0.2) is 24.4 Å². The summed E-state index contributed by atoms with van der Waals surface area (Å²) in [6.45, 7) is 4.17. The Morgan fingerprint density at radius 3 is 2.70 bits per heavy atom. The predicted octanol–water partition coefficient (Wildman–Crippen LogP) is 3.39. The summed E-state index contributed by atoms with van der Waals surface area (Å²) in [5.74, 6) is 1.34. The zero-order valence-corrected chi connectivity index (χ0v) is 22.7. The van der Waals surface area contributed by atoms with Crippen molar-refractivity contribution in [3.8, 4) is 17.1 Å². The Morgan fingerprint density at radius 1 is 1.22 bits per heavy atom. The van der Waals surface area contributed by atoms with Crippen molar-refractivity contribution in [2.24, 2.45) is 0 Å². The maximum atomic E-state index is 11.9. The zero-order chi connectivity index (χ0) is 26.0. The van der Waals surface area contributed by atoms with Crippen LogP contribution in [0.25, 0.3) is 22.6 Å². The van der Waals surface area contributed by atoms with Crippen LogP contribution in [-0.4, -0.2) is 80.0 Å². The Labute approximate surface area is 222 Å². The fourth-order valence-electron chi connectivity index (χ4n) is 5.15. The number of rotatable bonds is 8. The number of nitrogens with one attached hydrogen (secondary N) is 3. The quantitative estimate of drug-likeness (QED) is 0.391. The van der Waals surface area contributed by atoms with E-state index in [-0.39, 0.29) is 12.1 Å². The van der Waals surface area contributed by atoms with Gasteiger partial charge in [0.1, 0.15) is 17.1 Å². The van der Waals surface area contributed by atoms with Gasteiger partial charge in [-0.15, -0.1) is 0 Å². The minimum atomic E-state index is -3.33. The van der Waals surface area contributed by atoms with Gasteiger partial charge in [0.05, 0.1) is 49.0 Å². The number of pyridine rings is 1. The molecule has 1 aliphatic carbocycles. The number of ether oxygens (including phenoxy) is 2. The zero-order valence-electron chi connectivity index (χ0n) is 21.1. The van der Waals surface area contributed by atoms with Gasteiger partial charge in [-0.05, 0) is 30.5 Å². The van der Waals surface area contributed by atoms with Crippen molar-refractivity contribution in [2.45, 2.75) is 44.3 Å². The maximum absolute atomic E-state index is 11.9. The highest BCUT2D eigenvalue weighted by Gasteiger charge is 2.29. The highest BCUT2D eigenvalue weighted by Crippen LogP contribution is 2.35. The first-order chi connectivity index (χ1) is 17.8. The summed E-state index contributed by atoms with van der Waals surface area (Å²) < 4.78 is 37.8. The average Bonchev–Trinajstić information content (AvgIpc) is 3.31. The van der Waals surface area contributed by atoms with Gasteiger partial charge >= 0.3 is 0 Å². The summed E-state index contributed by atoms with van der Waals surface area (Å²) in [6, 6.07) is 5.82. The monoisotopic (exact) mass is 548 g/mol. The van der Waals surface area contributed by atoms with Gasteiger partial charge in [0, 0.05) is 31.7 Å². The van der Waals surface area contributed by atoms with E-state index in [4.69, 9.17) is 26.1 Å². The van der Waals surface area contributed by atoms with Crippen molar-refractivity contribution in [3.05, 3.63) is 35.0 Å². The van der Waals surface area contributed by atoms with Crippen molar-refractivity contribution < 1.29 is 17.9 Å². The van der Waals surface area contributed by atoms with E-state index in [1.807, 2.05) is 12.1 Å². The Hall–Kier alpha value is -2.44. The minimum absolute atomic E-state index is 0.104. The van der Waals surface area contributed by atoms with Gasteiger partial charge in [-0.25, -0.2) is 23.1 Å². The van der Waals surface area contributed by atoms with Crippen molar-refractivity contribution in [3.63, 3.8) is 0 Å². The van der Waals surface area contributed by atoms with Gasteiger partial charge in [0.2, 0.25) is 10.0 Å². The van der Waals surface area contributed by atoms with Crippen molar-refractivity contribution in [2.75, 3.05) is 45.0 Å². The van der Waals surface area contributed by atoms with E-state index in [1.54, 1.807) is 13.3 Å². The van der Waals surface area contributed by atoms with Crippen molar-refractivity contribution >= 4 is 38.5 Å². The maximum Gasteiger partial charge on any atom is 0.209 e. The summed E-state index contributed by atoms with van der Waals surface area (Å²) in [5, 5.41) is 3.94. The molecule has 1 saturated heterocycles. The third kappa shape index (κ3) is 6.18. The normalized spacial score (nSPS) is 21.3. The number of halogens is 1. The molecule has 2 unspecified atom stereocenters. The van der Waals surface area contributed by atoms with Gasteiger partial charge in [-0.1, -0.05) is 30.5 Å². The number of methoxy groups -OCH3 is 1. The molecule has 10 nitrogen and oxygen atoms in total. The van der Waals surface area contributed by atoms with Crippen LogP contribution in [0.5, 0.6) is 5.75 Å². The fourth-order valence-corrected chi connectivity index (χ4v) is 6.18. The smallest absolute Gasteiger partial charge is 0.209 e. The van der Waals surface area contributed by atoms with Crippen molar-refractivity contribution in [1.82, 2.24) is 24.6 Å². The molecule has 0 radical (unpaired) electrons. The van der Waals surface area contributed by atoms with Crippen molar-refractivity contribution in [1.29, 1.82) is 0 Å². The number of aromatic nitrogens is 3. The van der Waals surface area contributed by atoms with Crippen LogP contribution in [0.2, 0.25) is 5.02 Å². The molecule has 3 aromatic rings. The molecule has 0 amide bonds. The topological polar surface area (TPSA) is 121 Å². The number of anilines is 1. The Kier molecular flexibility index (Phi) is 7.87. The molecule has 2 aromatic heterocycles. The molecular weight excluding hydrogens is 516 g/mol. The van der Waals surface area contributed by atoms with Gasteiger partial charge in [0.25, 0.3) is 0 Å². The van der Waals surface area contributed by atoms with Crippen LogP contribution in [-0.2, 0) is 21.3 Å². The van der Waals surface area contributed by atoms with E-state index < -0.39 is 10.0 Å². The largest absolute Gasteiger partial charge is 0.496 e. The molecule has 2 aliphatic rings. The molecular formula is C25H33ClN6O4S. The molecule has 200 valence electrons. The summed E-state index contributed by atoms with van der Waals surface area (Å²) >= 11 is 6.58. The van der Waals surface area contributed by atoms with Crippen LogP contribution in [0.1, 0.15) is 31.2 Å². The number of H-pyrrole nitrogens is 1. The van der Waals surface area contributed by atoms with Gasteiger partial charge in [-0.2, -0.15) is 0 Å². The Morgan fingerprint density at radius 2 is 1.97 bits per heavy atom.